The van der Waals surface area contributed by atoms with Crippen LogP contribution in [0.1, 0.15) is 0 Å². The summed E-state index contributed by atoms with van der Waals surface area (Å²) >= 11 is 0.841. The van der Waals surface area contributed by atoms with E-state index in [9.17, 15) is 16.8 Å². The van der Waals surface area contributed by atoms with Gasteiger partial charge in [0, 0.05) is 23.2 Å². The number of primary sulfonamides is 1. The van der Waals surface area contributed by atoms with E-state index in [1.165, 1.54) is 12.2 Å². The third kappa shape index (κ3) is 3.38. The van der Waals surface area contributed by atoms with Crippen molar-refractivity contribution in [3.05, 3.63) is 49.6 Å². The first-order valence-corrected chi connectivity index (χ1v) is 10.3. The van der Waals surface area contributed by atoms with Crippen LogP contribution in [0.5, 0.6) is 0 Å². The summed E-state index contributed by atoms with van der Waals surface area (Å²) < 4.78 is 51.0. The molecule has 2 rings (SSSR count). The lowest BCUT2D eigenvalue weighted by Crippen LogP contribution is -2.32. The van der Waals surface area contributed by atoms with Crippen molar-refractivity contribution in [1.29, 1.82) is 0 Å². The molecule has 6 nitrogen and oxygen atoms in total. The van der Waals surface area contributed by atoms with Crippen molar-refractivity contribution >= 4 is 41.5 Å². The lowest BCUT2D eigenvalue weighted by atomic mass is 10.3. The maximum absolute atomic E-state index is 13.0. The predicted molar refractivity (Wildman–Crippen MR) is 92.4 cm³/mol. The highest BCUT2D eigenvalue weighted by molar-refractivity contribution is 7.94. The standard InChI is InChI=1S/C14H16N2O4S3/c1-3-9-16(10-4-2)23(19,20)13-11-7-5-6-8-12(11)21-14(13)22(15,17)18/h3-8H,1-2,9-10H2,(H2,15,17,18). The van der Waals surface area contributed by atoms with E-state index in [2.05, 4.69) is 13.2 Å². The van der Waals surface area contributed by atoms with E-state index in [-0.39, 0.29) is 22.2 Å². The molecule has 2 aromatic rings. The molecule has 23 heavy (non-hydrogen) atoms. The Morgan fingerprint density at radius 3 is 2.17 bits per heavy atom. The van der Waals surface area contributed by atoms with Crippen molar-refractivity contribution in [1.82, 2.24) is 4.31 Å². The minimum atomic E-state index is -4.18. The summed E-state index contributed by atoms with van der Waals surface area (Å²) in [4.78, 5) is -0.288. The van der Waals surface area contributed by atoms with Gasteiger partial charge in [0.05, 0.1) is 0 Å². The molecule has 0 aliphatic heterocycles. The van der Waals surface area contributed by atoms with E-state index in [0.717, 1.165) is 15.6 Å². The molecule has 0 spiro atoms. The van der Waals surface area contributed by atoms with Crippen molar-refractivity contribution in [2.24, 2.45) is 5.14 Å². The maximum Gasteiger partial charge on any atom is 0.248 e. The number of thiophene rings is 1. The molecule has 0 saturated heterocycles. The quantitative estimate of drug-likeness (QED) is 0.751. The van der Waals surface area contributed by atoms with Crippen molar-refractivity contribution in [3.8, 4) is 0 Å². The second-order valence-electron chi connectivity index (χ2n) is 4.66. The van der Waals surface area contributed by atoms with Gasteiger partial charge in [0.2, 0.25) is 20.0 Å². The molecule has 1 aromatic carbocycles. The lowest BCUT2D eigenvalue weighted by molar-refractivity contribution is 0.473. The van der Waals surface area contributed by atoms with E-state index >= 15 is 0 Å². The van der Waals surface area contributed by atoms with Gasteiger partial charge in [-0.05, 0) is 6.07 Å². The van der Waals surface area contributed by atoms with Crippen LogP contribution in [0.4, 0.5) is 0 Å². The van der Waals surface area contributed by atoms with Gasteiger partial charge in [-0.25, -0.2) is 22.0 Å². The number of nitrogens with zero attached hydrogens (tertiary/aromatic N) is 1. The Hall–Kier alpha value is -1.52. The van der Waals surface area contributed by atoms with E-state index in [1.54, 1.807) is 24.3 Å². The fraction of sp³-hybridized carbons (Fsp3) is 0.143. The fourth-order valence-corrected chi connectivity index (χ4v) is 6.75. The summed E-state index contributed by atoms with van der Waals surface area (Å²) in [6, 6.07) is 6.56. The number of hydrogen-bond acceptors (Lipinski definition) is 5. The number of rotatable bonds is 7. The van der Waals surface area contributed by atoms with Crippen LogP contribution in [-0.2, 0) is 20.0 Å². The summed E-state index contributed by atoms with van der Waals surface area (Å²) in [5, 5.41) is 5.56. The molecule has 0 radical (unpaired) electrons. The van der Waals surface area contributed by atoms with Gasteiger partial charge in [-0.3, -0.25) is 0 Å². The predicted octanol–water partition coefficient (Wildman–Crippen LogP) is 1.91. The van der Waals surface area contributed by atoms with Crippen LogP contribution in [0.15, 0.2) is 58.7 Å². The summed E-state index contributed by atoms with van der Waals surface area (Å²) in [6.45, 7) is 7.12. The Kier molecular flexibility index (Phi) is 5.07. The van der Waals surface area contributed by atoms with Crippen LogP contribution in [0.25, 0.3) is 10.1 Å². The topological polar surface area (TPSA) is 97.5 Å². The Labute approximate surface area is 139 Å². The van der Waals surface area contributed by atoms with Crippen molar-refractivity contribution < 1.29 is 16.8 Å². The highest BCUT2D eigenvalue weighted by Gasteiger charge is 2.33. The molecule has 0 unspecified atom stereocenters. The Bertz CT molecular complexity index is 949. The van der Waals surface area contributed by atoms with E-state index in [1.807, 2.05) is 0 Å². The van der Waals surface area contributed by atoms with Gasteiger partial charge in [-0.1, -0.05) is 30.4 Å². The zero-order chi connectivity index (χ0) is 17.3. The molecular formula is C14H16N2O4S3. The minimum absolute atomic E-state index is 0.0303. The second kappa shape index (κ2) is 6.54. The zero-order valence-corrected chi connectivity index (χ0v) is 14.6. The van der Waals surface area contributed by atoms with Crippen LogP contribution >= 0.6 is 11.3 Å². The first kappa shape index (κ1) is 17.8. The highest BCUT2D eigenvalue weighted by atomic mass is 32.2. The maximum atomic E-state index is 13.0. The third-order valence-electron chi connectivity index (χ3n) is 3.04. The van der Waals surface area contributed by atoms with Gasteiger partial charge in [-0.2, -0.15) is 4.31 Å². The average Bonchev–Trinajstić information content (AvgIpc) is 2.87. The molecule has 0 aliphatic rings. The fourth-order valence-electron chi connectivity index (χ4n) is 2.12. The molecule has 2 N–H and O–H groups in total. The van der Waals surface area contributed by atoms with Gasteiger partial charge in [-0.15, -0.1) is 24.5 Å². The average molecular weight is 372 g/mol. The van der Waals surface area contributed by atoms with Crippen LogP contribution in [0.2, 0.25) is 0 Å². The summed E-state index contributed by atoms with van der Waals surface area (Å²) in [5.41, 5.74) is 0. The normalized spacial score (nSPS) is 12.6. The summed E-state index contributed by atoms with van der Waals surface area (Å²) in [7, 11) is -8.26. The van der Waals surface area contributed by atoms with Crippen molar-refractivity contribution in [3.63, 3.8) is 0 Å². The summed E-state index contributed by atoms with van der Waals surface area (Å²) in [6.07, 6.45) is 2.85. The molecule has 0 bridgehead atoms. The van der Waals surface area contributed by atoms with Crippen molar-refractivity contribution in [2.75, 3.05) is 13.1 Å². The minimum Gasteiger partial charge on any atom is -0.224 e. The molecule has 1 aromatic heterocycles. The van der Waals surface area contributed by atoms with Gasteiger partial charge < -0.3 is 0 Å². The zero-order valence-electron chi connectivity index (χ0n) is 12.2. The molecule has 0 amide bonds. The number of fused-ring (bicyclic) bond motifs is 1. The lowest BCUT2D eigenvalue weighted by Gasteiger charge is -2.19. The number of sulfonamides is 2. The Balaban J connectivity index is 2.84. The van der Waals surface area contributed by atoms with Crippen LogP contribution < -0.4 is 5.14 Å². The number of nitrogens with two attached hydrogens (primary N) is 1. The summed E-state index contributed by atoms with van der Waals surface area (Å²) in [5.74, 6) is 0. The molecule has 0 aliphatic carbocycles. The third-order valence-corrected chi connectivity index (χ3v) is 7.85. The first-order valence-electron chi connectivity index (χ1n) is 6.49. The number of benzene rings is 1. The van der Waals surface area contributed by atoms with Gasteiger partial charge >= 0.3 is 0 Å². The molecule has 9 heteroatoms. The Morgan fingerprint density at radius 2 is 1.65 bits per heavy atom. The largest absolute Gasteiger partial charge is 0.248 e. The molecule has 1 heterocycles. The monoisotopic (exact) mass is 372 g/mol. The van der Waals surface area contributed by atoms with Crippen LogP contribution in [-0.4, -0.2) is 34.2 Å². The van der Waals surface area contributed by atoms with Crippen LogP contribution in [0, 0.1) is 0 Å². The van der Waals surface area contributed by atoms with Crippen LogP contribution in [0.3, 0.4) is 0 Å². The van der Waals surface area contributed by atoms with Gasteiger partial charge in [0.25, 0.3) is 0 Å². The molecular weight excluding hydrogens is 356 g/mol. The Morgan fingerprint density at radius 1 is 1.09 bits per heavy atom. The van der Waals surface area contributed by atoms with Gasteiger partial charge in [0.1, 0.15) is 4.90 Å². The highest BCUT2D eigenvalue weighted by Crippen LogP contribution is 2.38. The molecule has 0 atom stereocenters. The first-order chi connectivity index (χ1) is 10.7. The molecule has 124 valence electrons. The second-order valence-corrected chi connectivity index (χ2v) is 9.34. The van der Waals surface area contributed by atoms with E-state index in [4.69, 9.17) is 5.14 Å². The number of hydrogen-bond donors (Lipinski definition) is 1. The smallest absolute Gasteiger partial charge is 0.224 e. The SMILES string of the molecule is C=CCN(CC=C)S(=O)(=O)c1c(S(N)(=O)=O)sc2ccccc12. The molecule has 0 saturated carbocycles. The van der Waals surface area contributed by atoms with E-state index < -0.39 is 20.0 Å². The molecule has 0 fully saturated rings. The van der Waals surface area contributed by atoms with Gasteiger partial charge in [0.15, 0.2) is 4.21 Å². The van der Waals surface area contributed by atoms with E-state index in [0.29, 0.717) is 10.1 Å². The van der Waals surface area contributed by atoms with Crippen molar-refractivity contribution in [2.45, 2.75) is 9.10 Å².